The summed E-state index contributed by atoms with van der Waals surface area (Å²) in [4.78, 5) is 22.9. The minimum Gasteiger partial charge on any atom is -0.481 e. The van der Waals surface area contributed by atoms with Crippen molar-refractivity contribution in [2.45, 2.75) is 45.3 Å². The van der Waals surface area contributed by atoms with Crippen LogP contribution in [0.3, 0.4) is 0 Å². The average Bonchev–Trinajstić information content (AvgIpc) is 1.97. The third kappa shape index (κ3) is 1.15. The summed E-state index contributed by atoms with van der Waals surface area (Å²) in [5.41, 5.74) is 3.63. The molecule has 0 spiro atoms. The normalized spacial score (nSPS) is 40.6. The molecule has 2 bridgehead atoms. The highest BCUT2D eigenvalue weighted by Gasteiger charge is 2.82. The van der Waals surface area contributed by atoms with Gasteiger partial charge in [-0.15, -0.1) is 0 Å². The number of carboxylic acids is 1. The standard InChI is InChI=1S/C11H17NO4/c1-9(2,3)16-8(15)11-4-10(5-11,6(11)12)7(13)14/h6H,4-5,12H2,1-3H3,(H,13,14). The number of ether oxygens (including phenoxy) is 1. The number of aliphatic carboxylic acids is 1. The molecule has 0 aromatic carbocycles. The lowest BCUT2D eigenvalue weighted by Gasteiger charge is -2.70. The quantitative estimate of drug-likeness (QED) is 0.671. The molecule has 5 heteroatoms. The minimum atomic E-state index is -0.898. The molecule has 1 atom stereocenters. The number of esters is 1. The van der Waals surface area contributed by atoms with Gasteiger partial charge in [0, 0.05) is 6.04 Å². The topological polar surface area (TPSA) is 89.6 Å². The highest BCUT2D eigenvalue weighted by molar-refractivity contribution is 5.92. The number of carbonyl (C=O) groups is 2. The van der Waals surface area contributed by atoms with Gasteiger partial charge in [0.1, 0.15) is 5.60 Å². The first-order chi connectivity index (χ1) is 7.14. The van der Waals surface area contributed by atoms with Crippen molar-refractivity contribution in [2.75, 3.05) is 0 Å². The van der Waals surface area contributed by atoms with Crippen molar-refractivity contribution in [2.24, 2.45) is 16.6 Å². The molecule has 90 valence electrons. The van der Waals surface area contributed by atoms with Crippen LogP contribution in [0.4, 0.5) is 0 Å². The van der Waals surface area contributed by atoms with Gasteiger partial charge < -0.3 is 15.6 Å². The van der Waals surface area contributed by atoms with Crippen LogP contribution in [0.1, 0.15) is 33.6 Å². The first kappa shape index (κ1) is 11.4. The largest absolute Gasteiger partial charge is 0.481 e. The second-order valence-corrected chi connectivity index (χ2v) is 5.95. The smallest absolute Gasteiger partial charge is 0.314 e. The highest BCUT2D eigenvalue weighted by atomic mass is 16.6. The van der Waals surface area contributed by atoms with Crippen molar-refractivity contribution < 1.29 is 19.4 Å². The maximum absolute atomic E-state index is 11.9. The number of hydrogen-bond acceptors (Lipinski definition) is 4. The summed E-state index contributed by atoms with van der Waals surface area (Å²) < 4.78 is 5.27. The van der Waals surface area contributed by atoms with E-state index < -0.39 is 28.4 Å². The second-order valence-electron chi connectivity index (χ2n) is 5.95. The molecular weight excluding hydrogens is 210 g/mol. The Morgan fingerprint density at radius 1 is 1.31 bits per heavy atom. The fourth-order valence-corrected chi connectivity index (χ4v) is 2.72. The van der Waals surface area contributed by atoms with Gasteiger partial charge in [0.15, 0.2) is 0 Å². The van der Waals surface area contributed by atoms with Crippen LogP contribution in [0.15, 0.2) is 0 Å². The third-order valence-corrected chi connectivity index (χ3v) is 3.68. The molecule has 0 aromatic heterocycles. The Bertz CT molecular complexity index is 363. The van der Waals surface area contributed by atoms with E-state index in [-0.39, 0.29) is 5.97 Å². The lowest BCUT2D eigenvalue weighted by molar-refractivity contribution is -0.250. The molecule has 3 aliphatic rings. The molecule has 0 heterocycles. The summed E-state index contributed by atoms with van der Waals surface area (Å²) in [6, 6.07) is -0.590. The maximum atomic E-state index is 11.9. The third-order valence-electron chi connectivity index (χ3n) is 3.68. The number of hydrogen-bond donors (Lipinski definition) is 2. The Hall–Kier alpha value is -1.10. The Balaban J connectivity index is 2.06. The van der Waals surface area contributed by atoms with Gasteiger partial charge in [-0.25, -0.2) is 0 Å². The average molecular weight is 227 g/mol. The van der Waals surface area contributed by atoms with Gasteiger partial charge in [-0.05, 0) is 33.6 Å². The van der Waals surface area contributed by atoms with E-state index in [2.05, 4.69) is 0 Å². The Kier molecular flexibility index (Phi) is 1.97. The van der Waals surface area contributed by atoms with Gasteiger partial charge in [0.05, 0.1) is 10.8 Å². The zero-order chi connectivity index (χ0) is 12.4. The van der Waals surface area contributed by atoms with Crippen LogP contribution in [0.25, 0.3) is 0 Å². The summed E-state index contributed by atoms with van der Waals surface area (Å²) in [5, 5.41) is 9.00. The molecule has 3 aliphatic carbocycles. The fourth-order valence-electron chi connectivity index (χ4n) is 2.72. The van der Waals surface area contributed by atoms with Crippen LogP contribution in [-0.4, -0.2) is 28.7 Å². The Labute approximate surface area is 93.9 Å². The Morgan fingerprint density at radius 2 is 1.81 bits per heavy atom. The van der Waals surface area contributed by atoms with Crippen LogP contribution in [0, 0.1) is 10.8 Å². The van der Waals surface area contributed by atoms with E-state index in [1.54, 1.807) is 20.8 Å². The molecule has 5 nitrogen and oxygen atoms in total. The summed E-state index contributed by atoms with van der Waals surface area (Å²) in [6.07, 6.45) is 0.650. The van der Waals surface area contributed by atoms with E-state index in [9.17, 15) is 9.59 Å². The molecular formula is C11H17NO4. The molecule has 3 saturated carbocycles. The van der Waals surface area contributed by atoms with Crippen LogP contribution >= 0.6 is 0 Å². The van der Waals surface area contributed by atoms with Gasteiger partial charge >= 0.3 is 11.9 Å². The van der Waals surface area contributed by atoms with Gasteiger partial charge in [-0.2, -0.15) is 0 Å². The highest BCUT2D eigenvalue weighted by Crippen LogP contribution is 2.72. The van der Waals surface area contributed by atoms with E-state index in [4.69, 9.17) is 15.6 Å². The van der Waals surface area contributed by atoms with Gasteiger partial charge in [0.2, 0.25) is 0 Å². The van der Waals surface area contributed by atoms with Crippen molar-refractivity contribution in [3.63, 3.8) is 0 Å². The van der Waals surface area contributed by atoms with Gasteiger partial charge in [0.25, 0.3) is 0 Å². The fraction of sp³-hybridized carbons (Fsp3) is 0.818. The zero-order valence-electron chi connectivity index (χ0n) is 9.74. The molecule has 0 radical (unpaired) electrons. The molecule has 3 rings (SSSR count). The van der Waals surface area contributed by atoms with Crippen LogP contribution < -0.4 is 5.73 Å². The van der Waals surface area contributed by atoms with E-state index in [0.29, 0.717) is 12.8 Å². The van der Waals surface area contributed by atoms with Crippen LogP contribution in [0.5, 0.6) is 0 Å². The second kappa shape index (κ2) is 2.77. The van der Waals surface area contributed by atoms with Crippen molar-refractivity contribution in [1.82, 2.24) is 0 Å². The molecule has 0 aromatic rings. The van der Waals surface area contributed by atoms with Gasteiger partial charge in [-0.1, -0.05) is 0 Å². The maximum Gasteiger partial charge on any atom is 0.314 e. The number of carbonyl (C=O) groups excluding carboxylic acids is 1. The number of carboxylic acid groups (broad SMARTS) is 1. The van der Waals surface area contributed by atoms with E-state index >= 15 is 0 Å². The van der Waals surface area contributed by atoms with Gasteiger partial charge in [-0.3, -0.25) is 9.59 Å². The summed E-state index contributed by atoms with van der Waals surface area (Å²) in [7, 11) is 0. The summed E-state index contributed by atoms with van der Waals surface area (Å²) in [6.45, 7) is 5.36. The van der Waals surface area contributed by atoms with E-state index in [1.807, 2.05) is 0 Å². The molecule has 0 saturated heterocycles. The first-order valence-electron chi connectivity index (χ1n) is 5.37. The lowest BCUT2D eigenvalue weighted by atomic mass is 9.32. The van der Waals surface area contributed by atoms with Crippen molar-refractivity contribution in [3.05, 3.63) is 0 Å². The molecule has 0 aliphatic heterocycles. The molecule has 1 unspecified atom stereocenters. The molecule has 0 amide bonds. The minimum absolute atomic E-state index is 0.325. The van der Waals surface area contributed by atoms with E-state index in [0.717, 1.165) is 0 Å². The monoisotopic (exact) mass is 227 g/mol. The number of nitrogens with two attached hydrogens (primary N) is 1. The number of rotatable bonds is 2. The first-order valence-corrected chi connectivity index (χ1v) is 5.37. The predicted molar refractivity (Wildman–Crippen MR) is 55.6 cm³/mol. The van der Waals surface area contributed by atoms with Crippen molar-refractivity contribution in [1.29, 1.82) is 0 Å². The predicted octanol–water partition coefficient (Wildman–Crippen LogP) is 0.520. The summed E-state index contributed by atoms with van der Waals surface area (Å²) in [5.74, 6) is -1.25. The Morgan fingerprint density at radius 3 is 2.12 bits per heavy atom. The van der Waals surface area contributed by atoms with Crippen LogP contribution in [0.2, 0.25) is 0 Å². The zero-order valence-corrected chi connectivity index (χ0v) is 9.74. The lowest BCUT2D eigenvalue weighted by Crippen LogP contribution is -2.83. The van der Waals surface area contributed by atoms with Crippen molar-refractivity contribution >= 4 is 11.9 Å². The van der Waals surface area contributed by atoms with Crippen LogP contribution in [-0.2, 0) is 14.3 Å². The van der Waals surface area contributed by atoms with Crippen molar-refractivity contribution in [3.8, 4) is 0 Å². The molecule has 3 N–H and O–H groups in total. The summed E-state index contributed by atoms with van der Waals surface area (Å²) >= 11 is 0. The van der Waals surface area contributed by atoms with E-state index in [1.165, 1.54) is 0 Å². The SMILES string of the molecule is CC(C)(C)OC(=O)C12CC(C(=O)O)(C1)C2N. The molecule has 16 heavy (non-hydrogen) atoms. The molecule has 3 fully saturated rings.